The lowest BCUT2D eigenvalue weighted by atomic mass is 10.0. The van der Waals surface area contributed by atoms with Gasteiger partial charge in [0.2, 0.25) is 0 Å². The first-order valence-electron chi connectivity index (χ1n) is 6.81. The van der Waals surface area contributed by atoms with Gasteiger partial charge < -0.3 is 9.47 Å². The fourth-order valence-corrected chi connectivity index (χ4v) is 3.14. The molecule has 2 aromatic carbocycles. The summed E-state index contributed by atoms with van der Waals surface area (Å²) in [5, 5.41) is 0. The van der Waals surface area contributed by atoms with Crippen molar-refractivity contribution in [3.05, 3.63) is 71.3 Å². The van der Waals surface area contributed by atoms with Crippen LogP contribution in [-0.4, -0.2) is 6.61 Å². The van der Waals surface area contributed by atoms with Gasteiger partial charge in [0.25, 0.3) is 0 Å². The maximum Gasteiger partial charge on any atom is 0.184 e. The highest BCUT2D eigenvalue weighted by atomic mass is 16.7. The van der Waals surface area contributed by atoms with Crippen molar-refractivity contribution in [1.29, 1.82) is 0 Å². The zero-order chi connectivity index (χ0) is 12.7. The average Bonchev–Trinajstić information content (AvgIpc) is 2.86. The van der Waals surface area contributed by atoms with E-state index in [0.29, 0.717) is 5.92 Å². The van der Waals surface area contributed by atoms with Crippen LogP contribution >= 0.6 is 0 Å². The predicted octanol–water partition coefficient (Wildman–Crippen LogP) is 3.65. The largest absolute Gasteiger partial charge is 0.348 e. The smallest absolute Gasteiger partial charge is 0.184 e. The molecule has 19 heavy (non-hydrogen) atoms. The third-order valence-corrected chi connectivity index (χ3v) is 4.08. The Bertz CT molecular complexity index is 579. The summed E-state index contributed by atoms with van der Waals surface area (Å²) in [5.41, 5.74) is 3.86. The first-order valence-corrected chi connectivity index (χ1v) is 6.81. The Hall–Kier alpha value is -1.64. The summed E-state index contributed by atoms with van der Waals surface area (Å²) in [6.45, 7) is 0.777. The van der Waals surface area contributed by atoms with Crippen molar-refractivity contribution in [2.75, 3.05) is 6.61 Å². The summed E-state index contributed by atoms with van der Waals surface area (Å²) in [6.07, 6.45) is 1.03. The second kappa shape index (κ2) is 4.48. The molecule has 0 spiro atoms. The van der Waals surface area contributed by atoms with Crippen LogP contribution in [0.5, 0.6) is 0 Å². The highest BCUT2D eigenvalue weighted by Crippen LogP contribution is 2.45. The van der Waals surface area contributed by atoms with Crippen molar-refractivity contribution in [1.82, 2.24) is 0 Å². The van der Waals surface area contributed by atoms with Gasteiger partial charge in [-0.2, -0.15) is 0 Å². The molecule has 0 N–H and O–H groups in total. The molecule has 96 valence electrons. The van der Waals surface area contributed by atoms with Crippen LogP contribution in [0, 0.1) is 5.92 Å². The molecule has 0 saturated carbocycles. The first-order chi connectivity index (χ1) is 9.42. The maximum absolute atomic E-state index is 6.20. The highest BCUT2D eigenvalue weighted by Gasteiger charge is 2.39. The Labute approximate surface area is 113 Å². The van der Waals surface area contributed by atoms with Gasteiger partial charge in [-0.05, 0) is 17.5 Å². The highest BCUT2D eigenvalue weighted by molar-refractivity contribution is 5.35. The predicted molar refractivity (Wildman–Crippen MR) is 72.6 cm³/mol. The van der Waals surface area contributed by atoms with E-state index in [2.05, 4.69) is 36.4 Å². The molecule has 0 radical (unpaired) electrons. The van der Waals surface area contributed by atoms with Crippen molar-refractivity contribution in [3.63, 3.8) is 0 Å². The van der Waals surface area contributed by atoms with Crippen LogP contribution in [0.4, 0.5) is 0 Å². The van der Waals surface area contributed by atoms with E-state index in [9.17, 15) is 0 Å². The summed E-state index contributed by atoms with van der Waals surface area (Å²) < 4.78 is 12.1. The molecular formula is C17H16O2. The molecule has 1 saturated heterocycles. The van der Waals surface area contributed by atoms with Crippen LogP contribution in [0.25, 0.3) is 0 Å². The number of benzene rings is 2. The average molecular weight is 252 g/mol. The molecule has 2 nitrogen and oxygen atoms in total. The van der Waals surface area contributed by atoms with Crippen molar-refractivity contribution in [3.8, 4) is 0 Å². The van der Waals surface area contributed by atoms with Crippen LogP contribution in [0.15, 0.2) is 54.6 Å². The molecule has 1 aliphatic carbocycles. The molecule has 3 atom stereocenters. The quantitative estimate of drug-likeness (QED) is 0.771. The molecule has 0 aromatic heterocycles. The second-order valence-corrected chi connectivity index (χ2v) is 5.30. The summed E-state index contributed by atoms with van der Waals surface area (Å²) in [4.78, 5) is 0. The van der Waals surface area contributed by atoms with Gasteiger partial charge in [0.05, 0.1) is 12.7 Å². The molecule has 1 aliphatic heterocycles. The van der Waals surface area contributed by atoms with E-state index in [1.54, 1.807) is 0 Å². The van der Waals surface area contributed by atoms with Gasteiger partial charge in [-0.25, -0.2) is 0 Å². The summed E-state index contributed by atoms with van der Waals surface area (Å²) in [7, 11) is 0. The third-order valence-electron chi connectivity index (χ3n) is 4.08. The summed E-state index contributed by atoms with van der Waals surface area (Å²) >= 11 is 0. The zero-order valence-corrected chi connectivity index (χ0v) is 10.7. The Morgan fingerprint density at radius 2 is 1.68 bits per heavy atom. The molecule has 3 unspecified atom stereocenters. The van der Waals surface area contributed by atoms with Gasteiger partial charge in [-0.15, -0.1) is 0 Å². The Kier molecular flexibility index (Phi) is 2.64. The number of rotatable bonds is 1. The fraction of sp³-hybridized carbons (Fsp3) is 0.294. The van der Waals surface area contributed by atoms with Crippen molar-refractivity contribution in [2.24, 2.45) is 5.92 Å². The second-order valence-electron chi connectivity index (χ2n) is 5.30. The molecule has 4 rings (SSSR count). The lowest BCUT2D eigenvalue weighted by molar-refractivity contribution is -0.240. The van der Waals surface area contributed by atoms with E-state index in [4.69, 9.17) is 9.47 Å². The fourth-order valence-electron chi connectivity index (χ4n) is 3.14. The van der Waals surface area contributed by atoms with Crippen LogP contribution in [0.1, 0.15) is 29.1 Å². The van der Waals surface area contributed by atoms with Gasteiger partial charge in [-0.3, -0.25) is 0 Å². The minimum Gasteiger partial charge on any atom is -0.348 e. The molecule has 0 amide bonds. The Morgan fingerprint density at radius 3 is 2.58 bits per heavy atom. The van der Waals surface area contributed by atoms with E-state index in [0.717, 1.165) is 18.6 Å². The van der Waals surface area contributed by atoms with Gasteiger partial charge >= 0.3 is 0 Å². The van der Waals surface area contributed by atoms with E-state index >= 15 is 0 Å². The van der Waals surface area contributed by atoms with Crippen molar-refractivity contribution < 1.29 is 9.47 Å². The topological polar surface area (TPSA) is 18.5 Å². The minimum atomic E-state index is -0.228. The van der Waals surface area contributed by atoms with Gasteiger partial charge in [-0.1, -0.05) is 54.6 Å². The standard InChI is InChI=1S/C17H16O2/c1-2-6-12(7-3-1)17-18-11-14-10-13-8-4-5-9-15(13)16(14)19-17/h1-9,14,16-17H,10-11H2. The molecule has 1 fully saturated rings. The lowest BCUT2D eigenvalue weighted by Gasteiger charge is -2.33. The van der Waals surface area contributed by atoms with Crippen LogP contribution in [-0.2, 0) is 15.9 Å². The molecule has 1 heterocycles. The number of fused-ring (bicyclic) bond motifs is 3. The van der Waals surface area contributed by atoms with Crippen LogP contribution in [0.2, 0.25) is 0 Å². The lowest BCUT2D eigenvalue weighted by Crippen LogP contribution is -2.28. The molecule has 2 aliphatic rings. The van der Waals surface area contributed by atoms with Gasteiger partial charge in [0.15, 0.2) is 6.29 Å². The molecule has 2 heteroatoms. The van der Waals surface area contributed by atoms with Gasteiger partial charge in [0.1, 0.15) is 0 Å². The summed E-state index contributed by atoms with van der Waals surface area (Å²) in [5.74, 6) is 0.470. The van der Waals surface area contributed by atoms with Crippen molar-refractivity contribution in [2.45, 2.75) is 18.8 Å². The normalized spacial score (nSPS) is 28.7. The zero-order valence-electron chi connectivity index (χ0n) is 10.7. The monoisotopic (exact) mass is 252 g/mol. The van der Waals surface area contributed by atoms with E-state index in [1.165, 1.54) is 11.1 Å². The molecule has 0 bridgehead atoms. The Balaban J connectivity index is 1.63. The number of hydrogen-bond donors (Lipinski definition) is 0. The number of ether oxygens (including phenoxy) is 2. The number of hydrogen-bond acceptors (Lipinski definition) is 2. The summed E-state index contributed by atoms with van der Waals surface area (Å²) in [6, 6.07) is 18.8. The van der Waals surface area contributed by atoms with E-state index in [-0.39, 0.29) is 12.4 Å². The van der Waals surface area contributed by atoms with Crippen molar-refractivity contribution >= 4 is 0 Å². The van der Waals surface area contributed by atoms with Crippen LogP contribution in [0.3, 0.4) is 0 Å². The molecular weight excluding hydrogens is 236 g/mol. The first kappa shape index (κ1) is 11.2. The van der Waals surface area contributed by atoms with Crippen LogP contribution < -0.4 is 0 Å². The maximum atomic E-state index is 6.20. The Morgan fingerprint density at radius 1 is 0.895 bits per heavy atom. The van der Waals surface area contributed by atoms with Gasteiger partial charge in [0, 0.05) is 11.5 Å². The third kappa shape index (κ3) is 1.88. The minimum absolute atomic E-state index is 0.190. The SMILES string of the molecule is c1ccc(C2OCC3Cc4ccccc4C3O2)cc1. The molecule has 2 aromatic rings. The van der Waals surface area contributed by atoms with E-state index in [1.807, 2.05) is 18.2 Å². The van der Waals surface area contributed by atoms with E-state index < -0.39 is 0 Å².